The second-order valence-corrected chi connectivity index (χ2v) is 6.93. The number of aromatic amines is 1. The Hall–Kier alpha value is -1.66. The van der Waals surface area contributed by atoms with E-state index in [9.17, 15) is 4.79 Å². The van der Waals surface area contributed by atoms with Gasteiger partial charge in [0.1, 0.15) is 5.69 Å². The molecule has 0 bridgehead atoms. The third-order valence-electron chi connectivity index (χ3n) is 4.34. The molecule has 0 atom stereocenters. The molecule has 1 fully saturated rings. The third kappa shape index (κ3) is 2.80. The molecule has 0 aliphatic heterocycles. The number of carbonyl (C=O) groups excluding carboxylic acids is 1. The molecule has 1 N–H and O–H groups in total. The van der Waals surface area contributed by atoms with Crippen LogP contribution in [-0.2, 0) is 16.1 Å². The van der Waals surface area contributed by atoms with Crippen molar-refractivity contribution in [3.63, 3.8) is 0 Å². The van der Waals surface area contributed by atoms with E-state index in [2.05, 4.69) is 10.2 Å². The van der Waals surface area contributed by atoms with Crippen molar-refractivity contribution in [1.82, 2.24) is 15.1 Å². The van der Waals surface area contributed by atoms with E-state index >= 15 is 0 Å². The molecule has 0 aromatic carbocycles. The fourth-order valence-corrected chi connectivity index (χ4v) is 3.71. The number of amides is 1. The molecule has 1 amide bonds. The number of aromatic nitrogens is 2. The van der Waals surface area contributed by atoms with Gasteiger partial charge in [-0.05, 0) is 30.4 Å². The van der Waals surface area contributed by atoms with Crippen LogP contribution in [0.25, 0.3) is 10.6 Å². The minimum atomic E-state index is -0.305. The second-order valence-electron chi connectivity index (χ2n) is 5.98. The lowest BCUT2D eigenvalue weighted by Crippen LogP contribution is -2.49. The Morgan fingerprint density at radius 1 is 1.55 bits per heavy atom. The summed E-state index contributed by atoms with van der Waals surface area (Å²) in [7, 11) is 3.51. The Kier molecular flexibility index (Phi) is 4.31. The van der Waals surface area contributed by atoms with Crippen LogP contribution in [-0.4, -0.2) is 41.8 Å². The van der Waals surface area contributed by atoms with Gasteiger partial charge in [0.2, 0.25) is 5.91 Å². The van der Waals surface area contributed by atoms with Gasteiger partial charge in [-0.3, -0.25) is 9.89 Å². The van der Waals surface area contributed by atoms with Crippen molar-refractivity contribution >= 4 is 17.2 Å². The first kappa shape index (κ1) is 15.2. The monoisotopic (exact) mass is 319 g/mol. The second kappa shape index (κ2) is 6.22. The highest BCUT2D eigenvalue weighted by Crippen LogP contribution is 2.42. The van der Waals surface area contributed by atoms with Gasteiger partial charge in [-0.1, -0.05) is 12.5 Å². The van der Waals surface area contributed by atoms with E-state index in [0.717, 1.165) is 35.5 Å². The first-order chi connectivity index (χ1) is 10.6. The highest BCUT2D eigenvalue weighted by Gasteiger charge is 2.45. The summed E-state index contributed by atoms with van der Waals surface area (Å²) in [4.78, 5) is 15.6. The Morgan fingerprint density at radius 3 is 2.95 bits per heavy atom. The molecule has 0 unspecified atom stereocenters. The van der Waals surface area contributed by atoms with E-state index in [4.69, 9.17) is 4.74 Å². The molecule has 1 aliphatic rings. The lowest BCUT2D eigenvalue weighted by atomic mass is 9.68. The van der Waals surface area contributed by atoms with Crippen LogP contribution in [0.3, 0.4) is 0 Å². The van der Waals surface area contributed by atoms with Gasteiger partial charge in [-0.25, -0.2) is 0 Å². The Labute approximate surface area is 134 Å². The summed E-state index contributed by atoms with van der Waals surface area (Å²) in [6.45, 7) is 1.06. The summed E-state index contributed by atoms with van der Waals surface area (Å²) < 4.78 is 5.26. The zero-order valence-electron chi connectivity index (χ0n) is 13.0. The van der Waals surface area contributed by atoms with Crippen molar-refractivity contribution in [2.45, 2.75) is 25.8 Å². The quantitative estimate of drug-likeness (QED) is 0.890. The fraction of sp³-hybridized carbons (Fsp3) is 0.500. The van der Waals surface area contributed by atoms with E-state index in [1.54, 1.807) is 23.3 Å². The number of methoxy groups -OCH3 is 1. The van der Waals surface area contributed by atoms with E-state index in [1.165, 1.54) is 0 Å². The van der Waals surface area contributed by atoms with E-state index in [-0.39, 0.29) is 11.3 Å². The number of hydrogen-bond donors (Lipinski definition) is 1. The van der Waals surface area contributed by atoms with Gasteiger partial charge in [0, 0.05) is 14.2 Å². The number of hydrogen-bond acceptors (Lipinski definition) is 4. The van der Waals surface area contributed by atoms with Gasteiger partial charge in [0.15, 0.2) is 0 Å². The molecule has 0 spiro atoms. The topological polar surface area (TPSA) is 58.2 Å². The minimum absolute atomic E-state index is 0.174. The molecule has 1 aliphatic carbocycles. The van der Waals surface area contributed by atoms with Crippen LogP contribution in [0.5, 0.6) is 0 Å². The van der Waals surface area contributed by atoms with Crippen molar-refractivity contribution in [3.8, 4) is 10.6 Å². The van der Waals surface area contributed by atoms with Crippen molar-refractivity contribution in [2.24, 2.45) is 5.41 Å². The summed E-state index contributed by atoms with van der Waals surface area (Å²) in [5.41, 5.74) is 1.58. The smallest absolute Gasteiger partial charge is 0.231 e. The molecule has 22 heavy (non-hydrogen) atoms. The van der Waals surface area contributed by atoms with Crippen molar-refractivity contribution in [2.75, 3.05) is 20.8 Å². The molecule has 2 heterocycles. The summed E-state index contributed by atoms with van der Waals surface area (Å²) in [5.74, 6) is 0.174. The van der Waals surface area contributed by atoms with Crippen molar-refractivity contribution < 1.29 is 9.53 Å². The third-order valence-corrected chi connectivity index (χ3v) is 5.24. The number of nitrogens with zero attached hydrogens (tertiary/aromatic N) is 2. The highest BCUT2D eigenvalue weighted by molar-refractivity contribution is 7.13. The molecule has 3 rings (SSSR count). The maximum atomic E-state index is 12.7. The Bertz CT molecular complexity index is 632. The van der Waals surface area contributed by atoms with Crippen LogP contribution in [0.1, 0.15) is 25.0 Å². The first-order valence-electron chi connectivity index (χ1n) is 7.47. The molecule has 5 nitrogen and oxygen atoms in total. The molecular weight excluding hydrogens is 298 g/mol. The molecular formula is C16H21N3O2S. The zero-order valence-corrected chi connectivity index (χ0v) is 13.8. The lowest BCUT2D eigenvalue weighted by molar-refractivity contribution is -0.151. The number of carbonyl (C=O) groups is 1. The molecule has 2 aromatic heterocycles. The number of rotatable bonds is 6. The number of ether oxygens (including phenoxy) is 1. The predicted molar refractivity (Wildman–Crippen MR) is 86.5 cm³/mol. The normalized spacial score (nSPS) is 16.3. The molecule has 1 saturated carbocycles. The summed E-state index contributed by atoms with van der Waals surface area (Å²) in [5, 5.41) is 9.39. The molecule has 0 saturated heterocycles. The minimum Gasteiger partial charge on any atom is -0.384 e. The molecule has 6 heteroatoms. The lowest BCUT2D eigenvalue weighted by Gasteiger charge is -2.42. The van der Waals surface area contributed by atoms with Crippen LogP contribution < -0.4 is 0 Å². The maximum absolute atomic E-state index is 12.7. The van der Waals surface area contributed by atoms with E-state index < -0.39 is 0 Å². The average molecular weight is 319 g/mol. The van der Waals surface area contributed by atoms with Crippen LogP contribution in [0, 0.1) is 5.41 Å². The zero-order chi connectivity index (χ0) is 15.6. The largest absolute Gasteiger partial charge is 0.384 e. The first-order valence-corrected chi connectivity index (χ1v) is 8.35. The molecule has 118 valence electrons. The highest BCUT2D eigenvalue weighted by atomic mass is 32.1. The van der Waals surface area contributed by atoms with Crippen LogP contribution in [0.2, 0.25) is 0 Å². The number of H-pyrrole nitrogens is 1. The fourth-order valence-electron chi connectivity index (χ4n) is 3.03. The Balaban J connectivity index is 1.66. The number of nitrogens with one attached hydrogen (secondary N) is 1. The van der Waals surface area contributed by atoms with Gasteiger partial charge in [-0.2, -0.15) is 5.10 Å². The predicted octanol–water partition coefficient (Wildman–Crippen LogP) is 2.91. The standard InChI is InChI=1S/C16H21N3O2S/c1-19(15(20)16(11-21-2)6-4-7-16)10-12-9-13(18-17-12)14-5-3-8-22-14/h3,5,8-9H,4,6-7,10-11H2,1-2H3,(H,17,18). The Morgan fingerprint density at radius 2 is 2.36 bits per heavy atom. The van der Waals surface area contributed by atoms with Crippen LogP contribution in [0.15, 0.2) is 23.6 Å². The van der Waals surface area contributed by atoms with Crippen LogP contribution >= 0.6 is 11.3 Å². The SMILES string of the molecule is COCC1(C(=O)N(C)Cc2cc(-c3cccs3)n[nH]2)CCC1. The van der Waals surface area contributed by atoms with Gasteiger partial charge in [-0.15, -0.1) is 11.3 Å². The van der Waals surface area contributed by atoms with Gasteiger partial charge in [0.25, 0.3) is 0 Å². The maximum Gasteiger partial charge on any atom is 0.231 e. The summed E-state index contributed by atoms with van der Waals surface area (Å²) >= 11 is 1.66. The molecule has 0 radical (unpaired) electrons. The van der Waals surface area contributed by atoms with Crippen LogP contribution in [0.4, 0.5) is 0 Å². The summed E-state index contributed by atoms with van der Waals surface area (Å²) in [6, 6.07) is 6.07. The van der Waals surface area contributed by atoms with Gasteiger partial charge < -0.3 is 9.64 Å². The van der Waals surface area contributed by atoms with E-state index in [0.29, 0.717) is 13.2 Å². The number of thiophene rings is 1. The summed E-state index contributed by atoms with van der Waals surface area (Å²) in [6.07, 6.45) is 2.95. The van der Waals surface area contributed by atoms with Crippen molar-refractivity contribution in [1.29, 1.82) is 0 Å². The molecule has 2 aromatic rings. The van der Waals surface area contributed by atoms with Crippen molar-refractivity contribution in [3.05, 3.63) is 29.3 Å². The van der Waals surface area contributed by atoms with Gasteiger partial charge >= 0.3 is 0 Å². The van der Waals surface area contributed by atoms with Gasteiger partial charge in [0.05, 0.1) is 29.1 Å². The van der Waals surface area contributed by atoms with E-state index in [1.807, 2.05) is 30.6 Å². The average Bonchev–Trinajstić information content (AvgIpc) is 3.12.